The molecule has 2 atom stereocenters. The molecule has 1 N–H and O–H groups in total. The Morgan fingerprint density at radius 1 is 1.19 bits per heavy atom. The summed E-state index contributed by atoms with van der Waals surface area (Å²) >= 11 is 0. The Balaban J connectivity index is 2.90. The maximum atomic E-state index is 12.3. The number of amides is 2. The van der Waals surface area contributed by atoms with E-state index in [0.717, 1.165) is 0 Å². The van der Waals surface area contributed by atoms with E-state index in [1.807, 2.05) is 13.8 Å². The van der Waals surface area contributed by atoms with E-state index in [1.54, 1.807) is 20.8 Å². The number of hydrogen-bond donors (Lipinski definition) is 1. The van der Waals surface area contributed by atoms with Gasteiger partial charge in [-0.25, -0.2) is 8.42 Å². The van der Waals surface area contributed by atoms with Gasteiger partial charge >= 0.3 is 0 Å². The molecule has 1 heterocycles. The summed E-state index contributed by atoms with van der Waals surface area (Å²) in [4.78, 5) is 25.8. The van der Waals surface area contributed by atoms with E-state index in [4.69, 9.17) is 0 Å². The largest absolute Gasteiger partial charge is 0.343 e. The van der Waals surface area contributed by atoms with Crippen LogP contribution < -0.4 is 5.32 Å². The monoisotopic (exact) mass is 318 g/mol. The van der Waals surface area contributed by atoms with Crippen LogP contribution in [-0.4, -0.2) is 54.8 Å². The molecule has 1 saturated heterocycles. The Bertz CT molecular complexity index is 499. The van der Waals surface area contributed by atoms with Crippen molar-refractivity contribution in [1.82, 2.24) is 10.2 Å². The molecule has 0 aromatic rings. The molecule has 7 heteroatoms. The van der Waals surface area contributed by atoms with Crippen molar-refractivity contribution in [3.05, 3.63) is 0 Å². The van der Waals surface area contributed by atoms with Crippen molar-refractivity contribution in [2.75, 3.05) is 12.3 Å². The van der Waals surface area contributed by atoms with Gasteiger partial charge in [0.25, 0.3) is 0 Å². The molecule has 2 unspecified atom stereocenters. The van der Waals surface area contributed by atoms with Crippen molar-refractivity contribution in [2.45, 2.75) is 58.4 Å². The van der Waals surface area contributed by atoms with Crippen molar-refractivity contribution in [3.8, 4) is 0 Å². The van der Waals surface area contributed by atoms with Crippen LogP contribution in [0.1, 0.15) is 41.0 Å². The average molecular weight is 318 g/mol. The summed E-state index contributed by atoms with van der Waals surface area (Å²) in [6.07, 6.45) is 0.534. The van der Waals surface area contributed by atoms with Crippen LogP contribution in [0.4, 0.5) is 0 Å². The van der Waals surface area contributed by atoms with Gasteiger partial charge in [-0.2, -0.15) is 0 Å². The molecule has 0 radical (unpaired) electrons. The molecule has 122 valence electrons. The molecular weight excluding hydrogens is 292 g/mol. The molecule has 1 aliphatic rings. The van der Waals surface area contributed by atoms with Gasteiger partial charge in [0.15, 0.2) is 9.84 Å². The zero-order chi connectivity index (χ0) is 16.4. The third kappa shape index (κ3) is 4.43. The Labute approximate surface area is 127 Å². The van der Waals surface area contributed by atoms with Crippen LogP contribution in [0, 0.1) is 5.92 Å². The number of nitrogens with one attached hydrogen (secondary N) is 1. The fourth-order valence-corrected chi connectivity index (χ4v) is 3.25. The Morgan fingerprint density at radius 2 is 1.76 bits per heavy atom. The standard InChI is InChI=1S/C14H26N2O4S/c1-9(2)8-12-13(17)15-11(5)14(18)16(12)6-7-21(19,20)10(3)4/h9-12H,6-8H2,1-5H3,(H,15,17). The molecule has 6 nitrogen and oxygen atoms in total. The Hall–Kier alpha value is -1.11. The number of nitrogens with zero attached hydrogens (tertiary/aromatic N) is 1. The van der Waals surface area contributed by atoms with E-state index in [9.17, 15) is 18.0 Å². The molecular formula is C14H26N2O4S. The van der Waals surface area contributed by atoms with Crippen LogP contribution >= 0.6 is 0 Å². The Kier molecular flexibility index (Phi) is 5.78. The van der Waals surface area contributed by atoms with Crippen LogP contribution in [-0.2, 0) is 19.4 Å². The summed E-state index contributed by atoms with van der Waals surface area (Å²) in [6, 6.07) is -1.17. The van der Waals surface area contributed by atoms with Crippen LogP contribution in [0.2, 0.25) is 0 Å². The predicted molar refractivity (Wildman–Crippen MR) is 81.5 cm³/mol. The second-order valence-corrected chi connectivity index (χ2v) is 9.00. The summed E-state index contributed by atoms with van der Waals surface area (Å²) in [6.45, 7) is 8.88. The third-order valence-corrected chi connectivity index (χ3v) is 5.91. The number of rotatable bonds is 6. The highest BCUT2D eigenvalue weighted by atomic mass is 32.2. The molecule has 0 spiro atoms. The predicted octanol–water partition coefficient (Wildman–Crippen LogP) is 0.571. The first-order chi connectivity index (χ1) is 9.56. The first-order valence-electron chi connectivity index (χ1n) is 7.38. The maximum Gasteiger partial charge on any atom is 0.245 e. The second-order valence-electron chi connectivity index (χ2n) is 6.32. The SMILES string of the molecule is CC(C)CC1C(=O)NC(C)C(=O)N1CCS(=O)(=O)C(C)C. The molecule has 1 rings (SSSR count). The zero-order valence-corrected chi connectivity index (χ0v) is 14.2. The minimum absolute atomic E-state index is 0.0779. The van der Waals surface area contributed by atoms with Gasteiger partial charge in [0.2, 0.25) is 11.8 Å². The number of carbonyl (C=O) groups is 2. The van der Waals surface area contributed by atoms with E-state index in [1.165, 1.54) is 4.90 Å². The normalized spacial score (nSPS) is 23.9. The summed E-state index contributed by atoms with van der Waals surface area (Å²) in [5.41, 5.74) is 0. The lowest BCUT2D eigenvalue weighted by atomic mass is 9.98. The van der Waals surface area contributed by atoms with Gasteiger partial charge in [0.1, 0.15) is 12.1 Å². The van der Waals surface area contributed by atoms with Crippen molar-refractivity contribution in [1.29, 1.82) is 0 Å². The van der Waals surface area contributed by atoms with Gasteiger partial charge in [-0.05, 0) is 33.1 Å². The molecule has 0 saturated carbocycles. The van der Waals surface area contributed by atoms with E-state index in [-0.39, 0.29) is 30.0 Å². The van der Waals surface area contributed by atoms with Gasteiger partial charge in [-0.1, -0.05) is 13.8 Å². The topological polar surface area (TPSA) is 83.6 Å². The lowest BCUT2D eigenvalue weighted by Gasteiger charge is -2.38. The molecule has 0 aliphatic carbocycles. The van der Waals surface area contributed by atoms with Gasteiger partial charge < -0.3 is 10.2 Å². The van der Waals surface area contributed by atoms with Gasteiger partial charge in [0.05, 0.1) is 11.0 Å². The number of piperazine rings is 1. The zero-order valence-electron chi connectivity index (χ0n) is 13.4. The first-order valence-corrected chi connectivity index (χ1v) is 9.10. The van der Waals surface area contributed by atoms with Crippen molar-refractivity contribution in [2.24, 2.45) is 5.92 Å². The van der Waals surface area contributed by atoms with E-state index in [2.05, 4.69) is 5.32 Å². The van der Waals surface area contributed by atoms with E-state index in [0.29, 0.717) is 6.42 Å². The van der Waals surface area contributed by atoms with Gasteiger partial charge in [0, 0.05) is 6.54 Å². The second kappa shape index (κ2) is 6.77. The molecule has 0 bridgehead atoms. The van der Waals surface area contributed by atoms with Crippen molar-refractivity contribution < 1.29 is 18.0 Å². The maximum absolute atomic E-state index is 12.3. The molecule has 0 aromatic heterocycles. The molecule has 1 fully saturated rings. The van der Waals surface area contributed by atoms with Crippen LogP contribution in [0.5, 0.6) is 0 Å². The van der Waals surface area contributed by atoms with Crippen molar-refractivity contribution in [3.63, 3.8) is 0 Å². The molecule has 0 aromatic carbocycles. The fourth-order valence-electron chi connectivity index (χ4n) is 2.32. The minimum Gasteiger partial charge on any atom is -0.343 e. The molecule has 2 amide bonds. The smallest absolute Gasteiger partial charge is 0.245 e. The number of hydrogen-bond acceptors (Lipinski definition) is 4. The lowest BCUT2D eigenvalue weighted by Crippen LogP contribution is -2.63. The van der Waals surface area contributed by atoms with Crippen LogP contribution in [0.25, 0.3) is 0 Å². The van der Waals surface area contributed by atoms with Gasteiger partial charge in [-0.15, -0.1) is 0 Å². The summed E-state index contributed by atoms with van der Waals surface area (Å²) in [7, 11) is -3.23. The minimum atomic E-state index is -3.23. The quantitative estimate of drug-likeness (QED) is 0.776. The summed E-state index contributed by atoms with van der Waals surface area (Å²) < 4.78 is 23.9. The first kappa shape index (κ1) is 17.9. The van der Waals surface area contributed by atoms with Gasteiger partial charge in [-0.3, -0.25) is 9.59 Å². The van der Waals surface area contributed by atoms with E-state index < -0.39 is 27.2 Å². The highest BCUT2D eigenvalue weighted by molar-refractivity contribution is 7.92. The molecule has 21 heavy (non-hydrogen) atoms. The average Bonchev–Trinajstić information content (AvgIpc) is 2.34. The summed E-state index contributed by atoms with van der Waals surface area (Å²) in [5.74, 6) is -0.270. The Morgan fingerprint density at radius 3 is 2.24 bits per heavy atom. The fraction of sp³-hybridized carbons (Fsp3) is 0.857. The highest BCUT2D eigenvalue weighted by Crippen LogP contribution is 2.18. The lowest BCUT2D eigenvalue weighted by molar-refractivity contribution is -0.149. The number of carbonyl (C=O) groups excluding carboxylic acids is 2. The van der Waals surface area contributed by atoms with E-state index >= 15 is 0 Å². The molecule has 1 aliphatic heterocycles. The summed E-state index contributed by atoms with van der Waals surface area (Å²) in [5, 5.41) is 2.18. The number of sulfone groups is 1. The van der Waals surface area contributed by atoms with Crippen molar-refractivity contribution >= 4 is 21.7 Å². The van der Waals surface area contributed by atoms with Crippen LogP contribution in [0.15, 0.2) is 0 Å². The highest BCUT2D eigenvalue weighted by Gasteiger charge is 2.39. The van der Waals surface area contributed by atoms with Crippen LogP contribution in [0.3, 0.4) is 0 Å². The third-order valence-electron chi connectivity index (χ3n) is 3.72.